The van der Waals surface area contributed by atoms with Crippen molar-refractivity contribution in [2.75, 3.05) is 20.2 Å². The third-order valence-corrected chi connectivity index (χ3v) is 3.10. The van der Waals surface area contributed by atoms with Crippen molar-refractivity contribution in [3.05, 3.63) is 17.5 Å². The van der Waals surface area contributed by atoms with E-state index in [1.807, 2.05) is 0 Å². The number of carbonyl (C=O) groups is 2. The van der Waals surface area contributed by atoms with Gasteiger partial charge in [0, 0.05) is 32.7 Å². The molecular weight excluding hydrogens is 252 g/mol. The maximum absolute atomic E-state index is 12.1. The molecule has 0 bridgehead atoms. The van der Waals surface area contributed by atoms with Crippen LogP contribution in [0.15, 0.2) is 10.6 Å². The van der Waals surface area contributed by atoms with Crippen LogP contribution < -0.4 is 0 Å². The Morgan fingerprint density at radius 2 is 2.42 bits per heavy atom. The molecule has 1 saturated heterocycles. The molecule has 0 radical (unpaired) electrons. The van der Waals surface area contributed by atoms with Crippen LogP contribution in [-0.4, -0.2) is 47.2 Å². The highest BCUT2D eigenvalue weighted by Crippen LogP contribution is 2.21. The highest BCUT2D eigenvalue weighted by Gasteiger charge is 2.29. The highest BCUT2D eigenvalue weighted by atomic mass is 16.5. The number of nitrogens with zero attached hydrogens (tertiary/aromatic N) is 2. The zero-order valence-electron chi connectivity index (χ0n) is 10.7. The molecule has 1 amide bonds. The van der Waals surface area contributed by atoms with Gasteiger partial charge in [0.25, 0.3) is 5.91 Å². The van der Waals surface area contributed by atoms with E-state index in [0.717, 1.165) is 0 Å². The molecule has 1 aliphatic heterocycles. The summed E-state index contributed by atoms with van der Waals surface area (Å²) in [5.74, 6) is -0.541. The monoisotopic (exact) mass is 268 g/mol. The van der Waals surface area contributed by atoms with Crippen molar-refractivity contribution in [1.82, 2.24) is 10.1 Å². The highest BCUT2D eigenvalue weighted by molar-refractivity contribution is 5.92. The van der Waals surface area contributed by atoms with E-state index >= 15 is 0 Å². The first-order chi connectivity index (χ1) is 9.10. The fraction of sp³-hybridized carbons (Fsp3) is 0.583. The van der Waals surface area contributed by atoms with Gasteiger partial charge in [0.2, 0.25) is 0 Å². The average Bonchev–Trinajstić information content (AvgIpc) is 2.97. The van der Waals surface area contributed by atoms with Gasteiger partial charge >= 0.3 is 5.97 Å². The van der Waals surface area contributed by atoms with Gasteiger partial charge in [-0.2, -0.15) is 0 Å². The second-order valence-electron chi connectivity index (χ2n) is 4.62. The topological polar surface area (TPSA) is 92.9 Å². The Bertz CT molecular complexity index is 470. The van der Waals surface area contributed by atoms with Gasteiger partial charge < -0.3 is 19.3 Å². The van der Waals surface area contributed by atoms with Gasteiger partial charge in [-0.1, -0.05) is 5.16 Å². The number of carboxylic acid groups (broad SMARTS) is 1. The van der Waals surface area contributed by atoms with Gasteiger partial charge in [-0.3, -0.25) is 9.59 Å². The predicted octanol–water partition coefficient (Wildman–Crippen LogP) is 0.758. The second kappa shape index (κ2) is 5.83. The summed E-state index contributed by atoms with van der Waals surface area (Å²) in [6.45, 7) is 1.28. The van der Waals surface area contributed by atoms with E-state index in [1.54, 1.807) is 11.0 Å². The summed E-state index contributed by atoms with van der Waals surface area (Å²) < 4.78 is 9.84. The summed E-state index contributed by atoms with van der Waals surface area (Å²) in [7, 11) is 1.53. The molecular formula is C12H16N2O5. The number of ether oxygens (including phenoxy) is 1. The second-order valence-corrected chi connectivity index (χ2v) is 4.62. The lowest BCUT2D eigenvalue weighted by atomic mass is 10.1. The number of likely N-dealkylation sites (tertiary alicyclic amines) is 1. The number of rotatable bonds is 5. The molecule has 1 aromatic heterocycles. The summed E-state index contributed by atoms with van der Waals surface area (Å²) in [5.41, 5.74) is 0.239. The van der Waals surface area contributed by atoms with Crippen molar-refractivity contribution in [1.29, 1.82) is 0 Å². The zero-order chi connectivity index (χ0) is 13.8. The van der Waals surface area contributed by atoms with Crippen LogP contribution in [-0.2, 0) is 16.1 Å². The van der Waals surface area contributed by atoms with E-state index < -0.39 is 5.97 Å². The molecule has 1 fully saturated rings. The number of aliphatic carboxylic acids is 1. The van der Waals surface area contributed by atoms with Crippen molar-refractivity contribution in [3.8, 4) is 0 Å². The number of aromatic nitrogens is 1. The van der Waals surface area contributed by atoms with Crippen LogP contribution in [0.2, 0.25) is 0 Å². The van der Waals surface area contributed by atoms with Crippen LogP contribution in [0, 0.1) is 5.92 Å². The number of carbonyl (C=O) groups excluding carboxylic acids is 1. The molecule has 1 N–H and O–H groups in total. The molecule has 1 unspecified atom stereocenters. The van der Waals surface area contributed by atoms with Gasteiger partial charge in [0.1, 0.15) is 6.61 Å². The Hall–Kier alpha value is -1.89. The largest absolute Gasteiger partial charge is 0.481 e. The Kier molecular flexibility index (Phi) is 4.16. The Morgan fingerprint density at radius 1 is 1.63 bits per heavy atom. The molecule has 2 heterocycles. The van der Waals surface area contributed by atoms with Crippen LogP contribution in [0.1, 0.15) is 29.1 Å². The molecule has 104 valence electrons. The number of hydrogen-bond acceptors (Lipinski definition) is 5. The fourth-order valence-corrected chi connectivity index (χ4v) is 2.22. The van der Waals surface area contributed by atoms with Gasteiger partial charge in [-0.25, -0.2) is 0 Å². The molecule has 19 heavy (non-hydrogen) atoms. The third kappa shape index (κ3) is 3.31. The number of hydrogen-bond donors (Lipinski definition) is 1. The minimum Gasteiger partial charge on any atom is -0.481 e. The van der Waals surface area contributed by atoms with Crippen molar-refractivity contribution in [3.63, 3.8) is 0 Å². The van der Waals surface area contributed by atoms with E-state index in [2.05, 4.69) is 5.16 Å². The SMILES string of the molecule is COCc1cc(C(=O)N2CCC(CC(=O)O)C2)no1. The zero-order valence-corrected chi connectivity index (χ0v) is 10.7. The van der Waals surface area contributed by atoms with Crippen LogP contribution in [0.5, 0.6) is 0 Å². The van der Waals surface area contributed by atoms with E-state index in [-0.39, 0.29) is 30.5 Å². The fourth-order valence-electron chi connectivity index (χ4n) is 2.22. The molecule has 2 rings (SSSR count). The van der Waals surface area contributed by atoms with Crippen molar-refractivity contribution >= 4 is 11.9 Å². The first-order valence-corrected chi connectivity index (χ1v) is 6.05. The van der Waals surface area contributed by atoms with Gasteiger partial charge in [-0.05, 0) is 12.3 Å². The van der Waals surface area contributed by atoms with Crippen molar-refractivity contribution in [2.24, 2.45) is 5.92 Å². The molecule has 1 aromatic rings. The molecule has 7 nitrogen and oxygen atoms in total. The van der Waals surface area contributed by atoms with Crippen LogP contribution >= 0.6 is 0 Å². The third-order valence-electron chi connectivity index (χ3n) is 3.10. The van der Waals surface area contributed by atoms with Crippen LogP contribution in [0.25, 0.3) is 0 Å². The molecule has 1 atom stereocenters. The van der Waals surface area contributed by atoms with E-state index in [0.29, 0.717) is 25.3 Å². The van der Waals surface area contributed by atoms with Gasteiger partial charge in [-0.15, -0.1) is 0 Å². The normalized spacial score (nSPS) is 18.8. The van der Waals surface area contributed by atoms with Crippen molar-refractivity contribution in [2.45, 2.75) is 19.4 Å². The van der Waals surface area contributed by atoms with E-state index in [4.69, 9.17) is 14.4 Å². The lowest BCUT2D eigenvalue weighted by Gasteiger charge is -2.13. The summed E-state index contributed by atoms with van der Waals surface area (Å²) in [6, 6.07) is 1.55. The molecule has 1 aliphatic rings. The van der Waals surface area contributed by atoms with Gasteiger partial charge in [0.05, 0.1) is 0 Å². The smallest absolute Gasteiger partial charge is 0.303 e. The standard InChI is InChI=1S/C12H16N2O5/c1-18-7-9-5-10(13-19-9)12(17)14-3-2-8(6-14)4-11(15)16/h5,8H,2-4,6-7H2,1H3,(H,15,16). The molecule has 0 spiro atoms. The lowest BCUT2D eigenvalue weighted by Crippen LogP contribution is -2.29. The first kappa shape index (κ1) is 13.5. The van der Waals surface area contributed by atoms with E-state index in [1.165, 1.54) is 7.11 Å². The lowest BCUT2D eigenvalue weighted by molar-refractivity contribution is -0.138. The number of methoxy groups -OCH3 is 1. The summed E-state index contributed by atoms with van der Waals surface area (Å²) >= 11 is 0. The predicted molar refractivity (Wildman–Crippen MR) is 63.5 cm³/mol. The van der Waals surface area contributed by atoms with Crippen molar-refractivity contribution < 1.29 is 24.0 Å². The summed E-state index contributed by atoms with van der Waals surface area (Å²) in [6.07, 6.45) is 0.804. The maximum atomic E-state index is 12.1. The minimum atomic E-state index is -0.830. The number of amides is 1. The molecule has 0 aliphatic carbocycles. The van der Waals surface area contributed by atoms with E-state index in [9.17, 15) is 9.59 Å². The number of carboxylic acids is 1. The Labute approximate surface area is 110 Å². The van der Waals surface area contributed by atoms with Crippen LogP contribution in [0.4, 0.5) is 0 Å². The molecule has 0 saturated carbocycles. The molecule has 7 heteroatoms. The average molecular weight is 268 g/mol. The quantitative estimate of drug-likeness (QED) is 0.847. The Balaban J connectivity index is 1.94. The minimum absolute atomic E-state index is 0.0202. The van der Waals surface area contributed by atoms with Crippen LogP contribution in [0.3, 0.4) is 0 Å². The van der Waals surface area contributed by atoms with Gasteiger partial charge in [0.15, 0.2) is 11.5 Å². The summed E-state index contributed by atoms with van der Waals surface area (Å²) in [5, 5.41) is 12.4. The Morgan fingerprint density at radius 3 is 3.11 bits per heavy atom. The molecule has 0 aromatic carbocycles. The maximum Gasteiger partial charge on any atom is 0.303 e. The first-order valence-electron chi connectivity index (χ1n) is 6.05. The summed E-state index contributed by atoms with van der Waals surface area (Å²) in [4.78, 5) is 24.4.